The first kappa shape index (κ1) is 14.6. The minimum Gasteiger partial charge on any atom is -0.320 e. The van der Waals surface area contributed by atoms with Crippen LogP contribution in [0.4, 0.5) is 5.69 Å². The number of carbonyl (C=O) groups is 1. The third-order valence-electron chi connectivity index (χ3n) is 3.17. The highest BCUT2D eigenvalue weighted by Gasteiger charge is 2.04. The molecule has 2 heterocycles. The summed E-state index contributed by atoms with van der Waals surface area (Å²) in [5.74, 6) is 1.08. The van der Waals surface area contributed by atoms with Crippen LogP contribution < -0.4 is 5.32 Å². The lowest BCUT2D eigenvalue weighted by Crippen LogP contribution is -2.09. The van der Waals surface area contributed by atoms with E-state index in [1.54, 1.807) is 35.4 Å². The van der Waals surface area contributed by atoms with Gasteiger partial charge in [-0.25, -0.2) is 15.0 Å². The van der Waals surface area contributed by atoms with Crippen LogP contribution in [0, 0.1) is 6.92 Å². The van der Waals surface area contributed by atoms with E-state index in [1.165, 1.54) is 6.08 Å². The molecule has 0 atom stereocenters. The van der Waals surface area contributed by atoms with Gasteiger partial charge in [-0.1, -0.05) is 30.3 Å². The summed E-state index contributed by atoms with van der Waals surface area (Å²) in [5.41, 5.74) is 1.50. The lowest BCUT2D eigenvalue weighted by molar-refractivity contribution is -0.111. The maximum Gasteiger partial charge on any atom is 0.248 e. The Morgan fingerprint density at radius 3 is 2.52 bits per heavy atom. The van der Waals surface area contributed by atoms with Crippen molar-refractivity contribution in [1.82, 2.24) is 19.5 Å². The van der Waals surface area contributed by atoms with E-state index in [2.05, 4.69) is 20.3 Å². The van der Waals surface area contributed by atoms with Gasteiger partial charge >= 0.3 is 0 Å². The molecule has 0 radical (unpaired) electrons. The molecule has 23 heavy (non-hydrogen) atoms. The van der Waals surface area contributed by atoms with Crippen molar-refractivity contribution < 1.29 is 4.79 Å². The molecule has 1 amide bonds. The molecule has 3 rings (SSSR count). The molecular formula is C17H15N5O. The average Bonchev–Trinajstić information content (AvgIpc) is 3.01. The van der Waals surface area contributed by atoms with E-state index in [0.717, 1.165) is 11.4 Å². The first-order chi connectivity index (χ1) is 11.2. The quantitative estimate of drug-likeness (QED) is 0.752. The molecule has 0 aliphatic carbocycles. The number of aromatic nitrogens is 4. The molecule has 1 aromatic carbocycles. The Balaban J connectivity index is 1.65. The third-order valence-corrected chi connectivity index (χ3v) is 3.17. The topological polar surface area (TPSA) is 72.7 Å². The maximum atomic E-state index is 11.9. The van der Waals surface area contributed by atoms with Gasteiger partial charge in [-0.05, 0) is 18.6 Å². The summed E-state index contributed by atoms with van der Waals surface area (Å²) in [4.78, 5) is 24.5. The van der Waals surface area contributed by atoms with Crippen molar-refractivity contribution in [3.63, 3.8) is 0 Å². The normalized spacial score (nSPS) is 10.8. The van der Waals surface area contributed by atoms with Crippen molar-refractivity contribution in [1.29, 1.82) is 0 Å². The number of anilines is 1. The summed E-state index contributed by atoms with van der Waals surface area (Å²) in [6, 6.07) is 9.62. The Bertz CT molecular complexity index is 822. The monoisotopic (exact) mass is 305 g/mol. The van der Waals surface area contributed by atoms with Crippen LogP contribution in [0.3, 0.4) is 0 Å². The second-order valence-corrected chi connectivity index (χ2v) is 4.85. The first-order valence-corrected chi connectivity index (χ1v) is 7.09. The number of nitrogens with one attached hydrogen (secondary N) is 1. The number of nitrogens with zero attached hydrogens (tertiary/aromatic N) is 4. The minimum atomic E-state index is -0.232. The van der Waals surface area contributed by atoms with Crippen molar-refractivity contribution in [3.8, 4) is 5.95 Å². The zero-order valence-corrected chi connectivity index (χ0v) is 12.5. The highest BCUT2D eigenvalue weighted by Crippen LogP contribution is 2.08. The van der Waals surface area contributed by atoms with Gasteiger partial charge in [0, 0.05) is 18.5 Å². The summed E-state index contributed by atoms with van der Waals surface area (Å²) < 4.78 is 1.76. The summed E-state index contributed by atoms with van der Waals surface area (Å²) in [7, 11) is 0. The van der Waals surface area contributed by atoms with Gasteiger partial charge in [0.05, 0.1) is 18.1 Å². The Kier molecular flexibility index (Phi) is 4.24. The average molecular weight is 305 g/mol. The van der Waals surface area contributed by atoms with E-state index in [9.17, 15) is 4.79 Å². The van der Waals surface area contributed by atoms with E-state index in [-0.39, 0.29) is 5.91 Å². The van der Waals surface area contributed by atoms with Crippen LogP contribution in [-0.2, 0) is 4.79 Å². The number of benzene rings is 1. The van der Waals surface area contributed by atoms with E-state index in [1.807, 2.05) is 37.3 Å². The van der Waals surface area contributed by atoms with Crippen LogP contribution >= 0.6 is 0 Å². The third kappa shape index (κ3) is 3.68. The van der Waals surface area contributed by atoms with Gasteiger partial charge < -0.3 is 5.32 Å². The predicted molar refractivity (Wildman–Crippen MR) is 88.0 cm³/mol. The van der Waals surface area contributed by atoms with Gasteiger partial charge in [-0.2, -0.15) is 0 Å². The summed E-state index contributed by atoms with van der Waals surface area (Å²) in [6.45, 7) is 1.87. The van der Waals surface area contributed by atoms with E-state index in [0.29, 0.717) is 11.6 Å². The fourth-order valence-electron chi connectivity index (χ4n) is 2.02. The lowest BCUT2D eigenvalue weighted by atomic mass is 10.2. The maximum absolute atomic E-state index is 11.9. The standard InChI is InChI=1S/C17H15N5O/c1-13-18-9-10-22(13)17-19-11-15(12-20-17)21-16(23)8-7-14-5-3-2-4-6-14/h2-12H,1H3,(H,21,23)/b8-7+. The van der Waals surface area contributed by atoms with Crippen LogP contribution in [0.5, 0.6) is 0 Å². The number of imidazole rings is 1. The van der Waals surface area contributed by atoms with E-state index < -0.39 is 0 Å². The zero-order valence-electron chi connectivity index (χ0n) is 12.5. The summed E-state index contributed by atoms with van der Waals surface area (Å²) in [5, 5.41) is 2.72. The fraction of sp³-hybridized carbons (Fsp3) is 0.0588. The van der Waals surface area contributed by atoms with Crippen molar-refractivity contribution in [2.75, 3.05) is 5.32 Å². The molecular weight excluding hydrogens is 290 g/mol. The molecule has 3 aromatic rings. The highest BCUT2D eigenvalue weighted by molar-refractivity contribution is 6.01. The molecule has 6 heteroatoms. The molecule has 0 aliphatic rings. The van der Waals surface area contributed by atoms with E-state index >= 15 is 0 Å². The lowest BCUT2D eigenvalue weighted by Gasteiger charge is -2.04. The largest absolute Gasteiger partial charge is 0.320 e. The van der Waals surface area contributed by atoms with Crippen molar-refractivity contribution in [3.05, 3.63) is 72.6 Å². The van der Waals surface area contributed by atoms with Gasteiger partial charge in [-0.15, -0.1) is 0 Å². The molecule has 0 saturated heterocycles. The van der Waals surface area contributed by atoms with Gasteiger partial charge in [0.15, 0.2) is 0 Å². The van der Waals surface area contributed by atoms with Gasteiger partial charge in [0.25, 0.3) is 0 Å². The van der Waals surface area contributed by atoms with Crippen molar-refractivity contribution in [2.45, 2.75) is 6.92 Å². The Hall–Kier alpha value is -3.28. The number of carbonyl (C=O) groups excluding carboxylic acids is 1. The Labute approximate surface area is 133 Å². The summed E-state index contributed by atoms with van der Waals surface area (Å²) in [6.07, 6.45) is 9.82. The van der Waals surface area contributed by atoms with Gasteiger partial charge in [0.2, 0.25) is 11.9 Å². The highest BCUT2D eigenvalue weighted by atomic mass is 16.1. The number of rotatable bonds is 4. The molecule has 0 unspecified atom stereocenters. The van der Waals surface area contributed by atoms with Crippen LogP contribution in [0.1, 0.15) is 11.4 Å². The van der Waals surface area contributed by atoms with Gasteiger partial charge in [0.1, 0.15) is 5.82 Å². The molecule has 0 aliphatic heterocycles. The smallest absolute Gasteiger partial charge is 0.248 e. The van der Waals surface area contributed by atoms with Crippen LogP contribution in [0.15, 0.2) is 61.2 Å². The van der Waals surface area contributed by atoms with E-state index in [4.69, 9.17) is 0 Å². The first-order valence-electron chi connectivity index (χ1n) is 7.09. The number of aryl methyl sites for hydroxylation is 1. The minimum absolute atomic E-state index is 0.232. The van der Waals surface area contributed by atoms with Crippen molar-refractivity contribution >= 4 is 17.7 Å². The van der Waals surface area contributed by atoms with Crippen LogP contribution in [0.2, 0.25) is 0 Å². The zero-order chi connectivity index (χ0) is 16.1. The number of amides is 1. The van der Waals surface area contributed by atoms with Crippen molar-refractivity contribution in [2.24, 2.45) is 0 Å². The molecule has 114 valence electrons. The second-order valence-electron chi connectivity index (χ2n) is 4.85. The molecule has 0 fully saturated rings. The predicted octanol–water partition coefficient (Wildman–Crippen LogP) is 2.62. The molecule has 0 saturated carbocycles. The molecule has 1 N–H and O–H groups in total. The summed E-state index contributed by atoms with van der Waals surface area (Å²) >= 11 is 0. The molecule has 2 aromatic heterocycles. The van der Waals surface area contributed by atoms with Crippen LogP contribution in [-0.4, -0.2) is 25.4 Å². The Morgan fingerprint density at radius 2 is 1.87 bits per heavy atom. The van der Waals surface area contributed by atoms with Gasteiger partial charge in [-0.3, -0.25) is 9.36 Å². The Morgan fingerprint density at radius 1 is 1.13 bits per heavy atom. The fourth-order valence-corrected chi connectivity index (χ4v) is 2.02. The molecule has 6 nitrogen and oxygen atoms in total. The number of hydrogen-bond acceptors (Lipinski definition) is 4. The second kappa shape index (κ2) is 6.65. The SMILES string of the molecule is Cc1nccn1-c1ncc(NC(=O)/C=C/c2ccccc2)cn1. The molecule has 0 spiro atoms. The number of hydrogen-bond donors (Lipinski definition) is 1. The van der Waals surface area contributed by atoms with Crippen LogP contribution in [0.25, 0.3) is 12.0 Å². The molecule has 0 bridgehead atoms.